The summed E-state index contributed by atoms with van der Waals surface area (Å²) in [6.45, 7) is 2.24. The Kier molecular flexibility index (Phi) is 8.23. The predicted molar refractivity (Wildman–Crippen MR) is 98.5 cm³/mol. The molecule has 1 aromatic rings. The molecule has 2 heterocycles. The van der Waals surface area contributed by atoms with Crippen LogP contribution in [0.5, 0.6) is 0 Å². The minimum absolute atomic E-state index is 0. The number of nitrogens with zero attached hydrogens (tertiary/aromatic N) is 3. The predicted octanol–water partition coefficient (Wildman–Crippen LogP) is 2.49. The zero-order valence-electron chi connectivity index (χ0n) is 12.3. The number of anilines is 1. The highest BCUT2D eigenvalue weighted by atomic mass is 127. The molecule has 0 radical (unpaired) electrons. The first-order valence-corrected chi connectivity index (χ1v) is 8.02. The molecule has 0 bridgehead atoms. The first-order chi connectivity index (χ1) is 10.5. The number of aromatic nitrogens is 1. The molecule has 1 saturated heterocycles. The molecule has 0 unspecified atom stereocenters. The van der Waals surface area contributed by atoms with Gasteiger partial charge in [0.05, 0.1) is 12.1 Å². The van der Waals surface area contributed by atoms with Crippen LogP contribution in [0.2, 0.25) is 0 Å². The van der Waals surface area contributed by atoms with Crippen molar-refractivity contribution in [2.75, 3.05) is 43.0 Å². The Bertz CT molecular complexity index is 521. The zero-order chi connectivity index (χ0) is 16.0. The van der Waals surface area contributed by atoms with Gasteiger partial charge < -0.3 is 16.0 Å². The number of halogens is 4. The lowest BCUT2D eigenvalue weighted by molar-refractivity contribution is -0.137. The zero-order valence-corrected chi connectivity index (χ0v) is 15.5. The molecule has 10 heteroatoms. The number of aliphatic imine (C=N–C) groups is 1. The molecule has 1 aliphatic rings. The molecule has 0 amide bonds. The Morgan fingerprint density at radius 1 is 1.39 bits per heavy atom. The van der Waals surface area contributed by atoms with E-state index in [4.69, 9.17) is 5.73 Å². The molecule has 1 fully saturated rings. The van der Waals surface area contributed by atoms with Crippen LogP contribution in [0.4, 0.5) is 19.0 Å². The van der Waals surface area contributed by atoms with Gasteiger partial charge in [-0.1, -0.05) is 0 Å². The summed E-state index contributed by atoms with van der Waals surface area (Å²) in [4.78, 5) is 9.91. The molecule has 23 heavy (non-hydrogen) atoms. The molecule has 0 atom stereocenters. The summed E-state index contributed by atoms with van der Waals surface area (Å²) >= 11 is 1.87. The van der Waals surface area contributed by atoms with Crippen LogP contribution in [0.1, 0.15) is 5.56 Å². The van der Waals surface area contributed by atoms with E-state index in [-0.39, 0.29) is 36.3 Å². The van der Waals surface area contributed by atoms with Gasteiger partial charge in [0.2, 0.25) is 0 Å². The highest BCUT2D eigenvalue weighted by molar-refractivity contribution is 14.0. The second kappa shape index (κ2) is 9.40. The Labute approximate surface area is 154 Å². The van der Waals surface area contributed by atoms with Gasteiger partial charge in [-0.15, -0.1) is 24.0 Å². The van der Waals surface area contributed by atoms with Gasteiger partial charge >= 0.3 is 6.18 Å². The summed E-state index contributed by atoms with van der Waals surface area (Å²) in [6, 6.07) is 2.26. The number of nitrogens with one attached hydrogen (secondary N) is 1. The number of hydrogen-bond acceptors (Lipinski definition) is 4. The summed E-state index contributed by atoms with van der Waals surface area (Å²) in [5.74, 6) is 2.28. The topological polar surface area (TPSA) is 66.5 Å². The molecular formula is C13H19F3IN5S. The standard InChI is InChI=1S/C13H18F3N5S.HI/c14-13(15,16)10-2-1-3-18-11(10)19-4-5-20-12(17)21-6-8-22-9-7-21;/h1-3H,4-9H2,(H2,17,20)(H,18,19);1H. The number of pyridine rings is 1. The first-order valence-electron chi connectivity index (χ1n) is 6.87. The largest absolute Gasteiger partial charge is 0.419 e. The fourth-order valence-corrected chi connectivity index (χ4v) is 2.92. The third-order valence-corrected chi connectivity index (χ3v) is 4.07. The summed E-state index contributed by atoms with van der Waals surface area (Å²) in [7, 11) is 0. The van der Waals surface area contributed by atoms with Gasteiger partial charge in [0.1, 0.15) is 5.82 Å². The maximum atomic E-state index is 12.8. The summed E-state index contributed by atoms with van der Waals surface area (Å²) < 4.78 is 38.4. The van der Waals surface area contributed by atoms with E-state index in [2.05, 4.69) is 15.3 Å². The molecule has 130 valence electrons. The van der Waals surface area contributed by atoms with Crippen molar-refractivity contribution in [3.8, 4) is 0 Å². The molecular weight excluding hydrogens is 442 g/mol. The van der Waals surface area contributed by atoms with E-state index in [1.807, 2.05) is 16.7 Å². The number of guanidine groups is 1. The number of nitrogens with two attached hydrogens (primary N) is 1. The summed E-state index contributed by atoms with van der Waals surface area (Å²) in [5.41, 5.74) is 5.09. The maximum Gasteiger partial charge on any atom is 0.419 e. The normalized spacial score (nSPS) is 16.0. The Morgan fingerprint density at radius 3 is 2.74 bits per heavy atom. The van der Waals surface area contributed by atoms with Gasteiger partial charge in [-0.05, 0) is 12.1 Å². The monoisotopic (exact) mass is 461 g/mol. The van der Waals surface area contributed by atoms with Crippen LogP contribution in [0, 0.1) is 0 Å². The molecule has 1 aromatic heterocycles. The van der Waals surface area contributed by atoms with Gasteiger partial charge in [-0.2, -0.15) is 24.9 Å². The van der Waals surface area contributed by atoms with Crippen molar-refractivity contribution in [2.24, 2.45) is 10.7 Å². The number of alkyl halides is 3. The molecule has 1 aliphatic heterocycles. The molecule has 0 aromatic carbocycles. The SMILES string of the molecule is I.NC(=NCCNc1ncccc1C(F)(F)F)N1CCSCC1. The van der Waals surface area contributed by atoms with Crippen LogP contribution in [-0.4, -0.2) is 53.5 Å². The lowest BCUT2D eigenvalue weighted by Gasteiger charge is -2.27. The Morgan fingerprint density at radius 2 is 2.09 bits per heavy atom. The summed E-state index contributed by atoms with van der Waals surface area (Å²) in [5, 5.41) is 2.66. The van der Waals surface area contributed by atoms with E-state index in [1.165, 1.54) is 12.3 Å². The Balaban J connectivity index is 0.00000264. The minimum Gasteiger partial charge on any atom is -0.370 e. The van der Waals surface area contributed by atoms with Crippen LogP contribution in [-0.2, 0) is 6.18 Å². The smallest absolute Gasteiger partial charge is 0.370 e. The van der Waals surface area contributed by atoms with E-state index in [9.17, 15) is 13.2 Å². The van der Waals surface area contributed by atoms with Crippen molar-refractivity contribution in [3.05, 3.63) is 23.9 Å². The van der Waals surface area contributed by atoms with Crippen LogP contribution in [0.15, 0.2) is 23.3 Å². The van der Waals surface area contributed by atoms with Crippen LogP contribution < -0.4 is 11.1 Å². The summed E-state index contributed by atoms with van der Waals surface area (Å²) in [6.07, 6.45) is -3.11. The van der Waals surface area contributed by atoms with E-state index >= 15 is 0 Å². The van der Waals surface area contributed by atoms with Crippen molar-refractivity contribution in [3.63, 3.8) is 0 Å². The van der Waals surface area contributed by atoms with Gasteiger partial charge in [0.25, 0.3) is 0 Å². The van der Waals surface area contributed by atoms with Gasteiger partial charge in [-0.25, -0.2) is 4.98 Å². The molecule has 0 saturated carbocycles. The van der Waals surface area contributed by atoms with Gasteiger partial charge in [0, 0.05) is 37.3 Å². The second-order valence-electron chi connectivity index (χ2n) is 4.66. The van der Waals surface area contributed by atoms with Crippen LogP contribution in [0.3, 0.4) is 0 Å². The lowest BCUT2D eigenvalue weighted by atomic mass is 10.2. The quantitative estimate of drug-likeness (QED) is 0.312. The first kappa shape index (κ1) is 20.1. The second-order valence-corrected chi connectivity index (χ2v) is 5.89. The van der Waals surface area contributed by atoms with E-state index in [0.717, 1.165) is 30.7 Å². The molecule has 0 spiro atoms. The third-order valence-electron chi connectivity index (χ3n) is 3.13. The fraction of sp³-hybridized carbons (Fsp3) is 0.538. The van der Waals surface area contributed by atoms with Gasteiger partial charge in [-0.3, -0.25) is 4.99 Å². The number of rotatable bonds is 4. The van der Waals surface area contributed by atoms with E-state index in [1.54, 1.807) is 0 Å². The number of thioether (sulfide) groups is 1. The number of hydrogen-bond donors (Lipinski definition) is 2. The maximum absolute atomic E-state index is 12.8. The molecule has 2 rings (SSSR count). The average molecular weight is 461 g/mol. The lowest BCUT2D eigenvalue weighted by Crippen LogP contribution is -2.42. The molecule has 5 nitrogen and oxygen atoms in total. The van der Waals surface area contributed by atoms with Gasteiger partial charge in [0.15, 0.2) is 5.96 Å². The highest BCUT2D eigenvalue weighted by Gasteiger charge is 2.33. The van der Waals surface area contributed by atoms with Crippen LogP contribution >= 0.6 is 35.7 Å². The van der Waals surface area contributed by atoms with Crippen molar-refractivity contribution in [2.45, 2.75) is 6.18 Å². The van der Waals surface area contributed by atoms with E-state index < -0.39 is 11.7 Å². The van der Waals surface area contributed by atoms with Crippen molar-refractivity contribution in [1.82, 2.24) is 9.88 Å². The Hall–Kier alpha value is -0.910. The fourth-order valence-electron chi connectivity index (χ4n) is 2.01. The molecule has 0 aliphatic carbocycles. The van der Waals surface area contributed by atoms with Crippen LogP contribution in [0.25, 0.3) is 0 Å². The average Bonchev–Trinajstić information content (AvgIpc) is 2.51. The van der Waals surface area contributed by atoms with E-state index in [0.29, 0.717) is 12.5 Å². The minimum atomic E-state index is -4.43. The van der Waals surface area contributed by atoms with Crippen molar-refractivity contribution in [1.29, 1.82) is 0 Å². The third kappa shape index (κ3) is 6.24. The highest BCUT2D eigenvalue weighted by Crippen LogP contribution is 2.33. The molecule has 3 N–H and O–H groups in total. The van der Waals surface area contributed by atoms with Crippen molar-refractivity contribution < 1.29 is 13.2 Å². The van der Waals surface area contributed by atoms with Crippen molar-refractivity contribution >= 4 is 47.5 Å².